The first-order chi connectivity index (χ1) is 20.5. The molecule has 0 radical (unpaired) electrons. The lowest BCUT2D eigenvalue weighted by Gasteiger charge is -2.39. The summed E-state index contributed by atoms with van der Waals surface area (Å²) < 4.78 is 32.3. The fraction of sp³-hybridized carbons (Fsp3) is 0.469. The molecule has 0 aliphatic carbocycles. The minimum absolute atomic E-state index is 0.0955. The summed E-state index contributed by atoms with van der Waals surface area (Å²) in [4.78, 5) is 28.4. The zero-order valence-corrected chi connectivity index (χ0v) is 26.3. The molecule has 0 saturated carbocycles. The van der Waals surface area contributed by atoms with Crippen LogP contribution in [0, 0.1) is 17.7 Å². The molecular formula is C32H43FN6O4. The van der Waals surface area contributed by atoms with Crippen molar-refractivity contribution in [1.29, 1.82) is 0 Å². The van der Waals surface area contributed by atoms with E-state index in [1.54, 1.807) is 43.5 Å². The van der Waals surface area contributed by atoms with Crippen LogP contribution in [-0.2, 0) is 4.74 Å². The average molecular weight is 595 g/mol. The third kappa shape index (κ3) is 7.45. The van der Waals surface area contributed by atoms with Crippen molar-refractivity contribution < 1.29 is 23.4 Å². The second-order valence-electron chi connectivity index (χ2n) is 11.5. The number of hydrogen-bond donors (Lipinski definition) is 1. The van der Waals surface area contributed by atoms with E-state index >= 15 is 4.39 Å². The van der Waals surface area contributed by atoms with Crippen LogP contribution in [0.3, 0.4) is 0 Å². The van der Waals surface area contributed by atoms with Crippen molar-refractivity contribution in [1.82, 2.24) is 14.9 Å². The van der Waals surface area contributed by atoms with Gasteiger partial charge in [0.05, 0.1) is 25.6 Å². The highest BCUT2D eigenvalue weighted by Gasteiger charge is 2.30. The molecular weight excluding hydrogens is 551 g/mol. The van der Waals surface area contributed by atoms with Crippen molar-refractivity contribution >= 4 is 34.9 Å². The van der Waals surface area contributed by atoms with Crippen LogP contribution in [0.25, 0.3) is 0 Å². The Labute approximate surface area is 253 Å². The molecule has 1 aliphatic rings. The SMILES string of the molecule is COc1ccc(N(C(=O)OC(C(C)C)C(C)C)c2ccnc(Nc3ccc(N4CCN(C)C(C)C4)c(F)c3)n2)c(OC)c1. The number of ether oxygens (including phenoxy) is 3. The molecule has 2 heterocycles. The summed E-state index contributed by atoms with van der Waals surface area (Å²) in [6.07, 6.45) is 0.584. The summed E-state index contributed by atoms with van der Waals surface area (Å²) >= 11 is 0. The number of methoxy groups -OCH3 is 2. The van der Waals surface area contributed by atoms with Crippen LogP contribution >= 0.6 is 0 Å². The first-order valence-corrected chi connectivity index (χ1v) is 14.6. The number of piperazine rings is 1. The number of halogens is 1. The monoisotopic (exact) mass is 594 g/mol. The summed E-state index contributed by atoms with van der Waals surface area (Å²) in [6.45, 7) is 12.6. The van der Waals surface area contributed by atoms with Crippen LogP contribution in [0.1, 0.15) is 34.6 Å². The fourth-order valence-electron chi connectivity index (χ4n) is 5.27. The van der Waals surface area contributed by atoms with E-state index in [2.05, 4.69) is 39.1 Å². The highest BCUT2D eigenvalue weighted by atomic mass is 19.1. The molecule has 10 nitrogen and oxygen atoms in total. The molecule has 1 aromatic heterocycles. The number of nitrogens with zero attached hydrogens (tertiary/aromatic N) is 5. The number of carbonyl (C=O) groups is 1. The highest BCUT2D eigenvalue weighted by Crippen LogP contribution is 2.37. The Bertz CT molecular complexity index is 1400. The summed E-state index contributed by atoms with van der Waals surface area (Å²) in [6, 6.07) is 12.1. The predicted molar refractivity (Wildman–Crippen MR) is 168 cm³/mol. The fourth-order valence-corrected chi connectivity index (χ4v) is 5.27. The molecule has 1 atom stereocenters. The van der Waals surface area contributed by atoms with E-state index in [4.69, 9.17) is 14.2 Å². The minimum atomic E-state index is -0.614. The first kappa shape index (κ1) is 31.8. The highest BCUT2D eigenvalue weighted by molar-refractivity contribution is 5.97. The number of likely N-dealkylation sites (N-methyl/N-ethyl adjacent to an activating group) is 1. The molecule has 232 valence electrons. The van der Waals surface area contributed by atoms with Crippen molar-refractivity contribution in [3.63, 3.8) is 0 Å². The number of nitrogens with one attached hydrogen (secondary N) is 1. The third-order valence-electron chi connectivity index (χ3n) is 7.74. The van der Waals surface area contributed by atoms with E-state index < -0.39 is 6.09 Å². The Balaban J connectivity index is 1.65. The number of amides is 1. The Morgan fingerprint density at radius 2 is 1.79 bits per heavy atom. The second-order valence-corrected chi connectivity index (χ2v) is 11.5. The first-order valence-electron chi connectivity index (χ1n) is 14.6. The maximum atomic E-state index is 15.3. The standard InChI is InChI=1S/C32H43FN6O4/c1-20(2)30(21(3)4)43-32(40)39(27-12-10-24(41-7)18-28(27)42-8)29-13-14-34-31(36-29)35-23-9-11-26(25(33)17-23)38-16-15-37(6)22(5)19-38/h9-14,17-18,20-22,30H,15-16,19H2,1-8H3,(H,34,35,36). The van der Waals surface area contributed by atoms with Gasteiger partial charge in [-0.25, -0.2) is 19.1 Å². The molecule has 2 aromatic carbocycles. The van der Waals surface area contributed by atoms with E-state index in [-0.39, 0.29) is 35.5 Å². The van der Waals surface area contributed by atoms with Crippen LogP contribution in [0.2, 0.25) is 0 Å². The van der Waals surface area contributed by atoms with Crippen molar-refractivity contribution in [2.24, 2.45) is 11.8 Å². The molecule has 4 rings (SSSR count). The summed E-state index contributed by atoms with van der Waals surface area (Å²) in [5.41, 5.74) is 1.46. The largest absolute Gasteiger partial charge is 0.497 e. The van der Waals surface area contributed by atoms with Crippen LogP contribution in [0.15, 0.2) is 48.7 Å². The maximum Gasteiger partial charge on any atom is 0.420 e. The van der Waals surface area contributed by atoms with Gasteiger partial charge in [-0.05, 0) is 56.1 Å². The number of rotatable bonds is 10. The van der Waals surface area contributed by atoms with Crippen molar-refractivity contribution in [3.05, 3.63) is 54.5 Å². The van der Waals surface area contributed by atoms with Gasteiger partial charge in [-0.1, -0.05) is 27.7 Å². The lowest BCUT2D eigenvalue weighted by Crippen LogP contribution is -2.50. The molecule has 1 aliphatic heterocycles. The van der Waals surface area contributed by atoms with E-state index in [0.29, 0.717) is 34.6 Å². The summed E-state index contributed by atoms with van der Waals surface area (Å²) in [5, 5.41) is 3.08. The van der Waals surface area contributed by atoms with Gasteiger partial charge in [-0.2, -0.15) is 4.98 Å². The quantitative estimate of drug-likeness (QED) is 0.283. The van der Waals surface area contributed by atoms with Crippen LogP contribution in [0.4, 0.5) is 38.0 Å². The topological polar surface area (TPSA) is 92.3 Å². The van der Waals surface area contributed by atoms with Gasteiger partial charge in [0.1, 0.15) is 29.2 Å². The van der Waals surface area contributed by atoms with Gasteiger partial charge in [0.25, 0.3) is 0 Å². The number of aromatic nitrogens is 2. The molecule has 1 saturated heterocycles. The second kappa shape index (κ2) is 13.9. The number of carbonyl (C=O) groups excluding carboxylic acids is 1. The molecule has 1 unspecified atom stereocenters. The van der Waals surface area contributed by atoms with E-state index in [0.717, 1.165) is 19.6 Å². The third-order valence-corrected chi connectivity index (χ3v) is 7.74. The van der Waals surface area contributed by atoms with Crippen LogP contribution in [0.5, 0.6) is 11.5 Å². The van der Waals surface area contributed by atoms with Crippen molar-refractivity contribution in [3.8, 4) is 11.5 Å². The molecule has 1 amide bonds. The summed E-state index contributed by atoms with van der Waals surface area (Å²) in [5.74, 6) is 1.26. The van der Waals surface area contributed by atoms with Gasteiger partial charge in [-0.15, -0.1) is 0 Å². The zero-order valence-electron chi connectivity index (χ0n) is 26.3. The van der Waals surface area contributed by atoms with Gasteiger partial charge in [-0.3, -0.25) is 0 Å². The van der Waals surface area contributed by atoms with Crippen molar-refractivity contribution in [2.45, 2.75) is 46.8 Å². The van der Waals surface area contributed by atoms with E-state index in [1.807, 2.05) is 27.7 Å². The van der Waals surface area contributed by atoms with Gasteiger partial charge in [0, 0.05) is 49.7 Å². The number of benzene rings is 2. The van der Waals surface area contributed by atoms with Gasteiger partial charge in [0.2, 0.25) is 5.95 Å². The van der Waals surface area contributed by atoms with Gasteiger partial charge < -0.3 is 29.3 Å². The smallest absolute Gasteiger partial charge is 0.420 e. The zero-order chi connectivity index (χ0) is 31.3. The van der Waals surface area contributed by atoms with Crippen LogP contribution < -0.4 is 24.6 Å². The Hall–Kier alpha value is -4.12. The average Bonchev–Trinajstić information content (AvgIpc) is 2.97. The molecule has 1 fully saturated rings. The predicted octanol–water partition coefficient (Wildman–Crippen LogP) is 6.47. The molecule has 1 N–H and O–H groups in total. The van der Waals surface area contributed by atoms with Gasteiger partial charge >= 0.3 is 6.09 Å². The Kier molecular flexibility index (Phi) is 10.3. The normalized spacial score (nSPS) is 15.6. The Morgan fingerprint density at radius 1 is 1.05 bits per heavy atom. The lowest BCUT2D eigenvalue weighted by molar-refractivity contribution is 0.0484. The van der Waals surface area contributed by atoms with Gasteiger partial charge in [0.15, 0.2) is 0 Å². The molecule has 11 heteroatoms. The number of anilines is 5. The minimum Gasteiger partial charge on any atom is -0.497 e. The number of hydrogen-bond acceptors (Lipinski definition) is 9. The van der Waals surface area contributed by atoms with E-state index in [9.17, 15) is 4.79 Å². The molecule has 0 spiro atoms. The lowest BCUT2D eigenvalue weighted by atomic mass is 9.96. The van der Waals surface area contributed by atoms with Crippen LogP contribution in [-0.4, -0.2) is 74.0 Å². The molecule has 3 aromatic rings. The molecule has 43 heavy (non-hydrogen) atoms. The molecule has 0 bridgehead atoms. The van der Waals surface area contributed by atoms with E-state index in [1.165, 1.54) is 24.3 Å². The Morgan fingerprint density at radius 3 is 2.42 bits per heavy atom. The van der Waals surface area contributed by atoms with Crippen molar-refractivity contribution in [2.75, 3.05) is 56.0 Å². The maximum absolute atomic E-state index is 15.3. The summed E-state index contributed by atoms with van der Waals surface area (Å²) in [7, 11) is 5.15.